The topological polar surface area (TPSA) is 84.3 Å². The van der Waals surface area contributed by atoms with Crippen molar-refractivity contribution in [3.05, 3.63) is 24.0 Å². The van der Waals surface area contributed by atoms with Crippen molar-refractivity contribution in [2.24, 2.45) is 5.92 Å². The molecule has 166 valence electrons. The Labute approximate surface area is 179 Å². The summed E-state index contributed by atoms with van der Waals surface area (Å²) in [5.74, 6) is 1.43. The van der Waals surface area contributed by atoms with Crippen LogP contribution in [0.1, 0.15) is 58.7 Å². The van der Waals surface area contributed by atoms with Crippen LogP contribution in [0.3, 0.4) is 0 Å². The highest BCUT2D eigenvalue weighted by atomic mass is 32.2. The van der Waals surface area contributed by atoms with Crippen LogP contribution in [-0.4, -0.2) is 47.8 Å². The number of amides is 1. The third kappa shape index (κ3) is 5.21. The Balaban J connectivity index is 1.79. The zero-order valence-electron chi connectivity index (χ0n) is 18.4. The molecule has 0 radical (unpaired) electrons. The summed E-state index contributed by atoms with van der Waals surface area (Å²) < 4.78 is 29.5. The molecular formula is C22H34N4O3S. The first-order chi connectivity index (χ1) is 14.3. The smallest absolute Gasteiger partial charge is 0.243 e. The van der Waals surface area contributed by atoms with E-state index >= 15 is 0 Å². The van der Waals surface area contributed by atoms with Gasteiger partial charge in [0.2, 0.25) is 15.9 Å². The van der Waals surface area contributed by atoms with E-state index in [1.165, 1.54) is 0 Å². The summed E-state index contributed by atoms with van der Waals surface area (Å²) in [5.41, 5.74) is 1.60. The summed E-state index contributed by atoms with van der Waals surface area (Å²) in [4.78, 5) is 17.2. The molecule has 1 aliphatic heterocycles. The molecule has 7 nitrogen and oxygen atoms in total. The number of benzene rings is 1. The zero-order chi connectivity index (χ0) is 21.7. The predicted molar refractivity (Wildman–Crippen MR) is 119 cm³/mol. The highest BCUT2D eigenvalue weighted by molar-refractivity contribution is 7.89. The summed E-state index contributed by atoms with van der Waals surface area (Å²) in [7, 11) is -3.47. The van der Waals surface area contributed by atoms with E-state index in [1.54, 1.807) is 16.4 Å². The fourth-order valence-electron chi connectivity index (χ4n) is 3.88. The number of aryl methyl sites for hydroxylation is 2. The molecule has 1 fully saturated rings. The standard InChI is InChI=1S/C22H34N4O3S/c1-4-13-26-20-8-7-18(30(28,29)25-14-5-6-15-25)16-19(20)24-21(26)9-10-22(27)23-12-11-17(2)3/h7-8,16-17H,4-6,9-15H2,1-3H3,(H,23,27). The molecule has 30 heavy (non-hydrogen) atoms. The maximum Gasteiger partial charge on any atom is 0.243 e. The lowest BCUT2D eigenvalue weighted by molar-refractivity contribution is -0.121. The molecule has 8 heteroatoms. The van der Waals surface area contributed by atoms with Crippen molar-refractivity contribution in [3.63, 3.8) is 0 Å². The Morgan fingerprint density at radius 2 is 1.97 bits per heavy atom. The van der Waals surface area contributed by atoms with Crippen LogP contribution in [-0.2, 0) is 27.8 Å². The van der Waals surface area contributed by atoms with Gasteiger partial charge >= 0.3 is 0 Å². The van der Waals surface area contributed by atoms with Gasteiger partial charge < -0.3 is 9.88 Å². The summed E-state index contributed by atoms with van der Waals surface area (Å²) in [6.07, 6.45) is 4.65. The van der Waals surface area contributed by atoms with E-state index < -0.39 is 10.0 Å². The normalized spacial score (nSPS) is 15.3. The van der Waals surface area contributed by atoms with Gasteiger partial charge in [0, 0.05) is 39.0 Å². The van der Waals surface area contributed by atoms with Gasteiger partial charge in [-0.3, -0.25) is 4.79 Å². The van der Waals surface area contributed by atoms with Gasteiger partial charge in [-0.05, 0) is 49.8 Å². The van der Waals surface area contributed by atoms with Crippen molar-refractivity contribution >= 4 is 27.0 Å². The molecule has 2 heterocycles. The number of rotatable bonds is 10. The maximum atomic E-state index is 12.9. The number of aromatic nitrogens is 2. The average molecular weight is 435 g/mol. The first-order valence-electron chi connectivity index (χ1n) is 11.1. The second kappa shape index (κ2) is 9.92. The predicted octanol–water partition coefficient (Wildman–Crippen LogP) is 3.33. The summed E-state index contributed by atoms with van der Waals surface area (Å²) >= 11 is 0. The van der Waals surface area contributed by atoms with Crippen LogP contribution in [0.15, 0.2) is 23.1 Å². The van der Waals surface area contributed by atoms with Crippen LogP contribution < -0.4 is 5.32 Å². The molecule has 1 aliphatic rings. The number of fused-ring (bicyclic) bond motifs is 1. The number of hydrogen-bond acceptors (Lipinski definition) is 4. The van der Waals surface area contributed by atoms with Gasteiger partial charge in [0.25, 0.3) is 0 Å². The third-order valence-corrected chi connectivity index (χ3v) is 7.46. The van der Waals surface area contributed by atoms with Crippen LogP contribution >= 0.6 is 0 Å². The SMILES string of the molecule is CCCn1c(CCC(=O)NCCC(C)C)nc2cc(S(=O)(=O)N3CCCC3)ccc21. The molecule has 1 aromatic heterocycles. The minimum atomic E-state index is -3.47. The number of hydrogen-bond donors (Lipinski definition) is 1. The molecule has 3 rings (SSSR count). The van der Waals surface area contributed by atoms with E-state index in [9.17, 15) is 13.2 Å². The first kappa shape index (κ1) is 22.7. The van der Waals surface area contributed by atoms with Gasteiger partial charge in [-0.1, -0.05) is 20.8 Å². The summed E-state index contributed by atoms with van der Waals surface area (Å²) in [6.45, 7) is 9.03. The largest absolute Gasteiger partial charge is 0.356 e. The molecule has 0 unspecified atom stereocenters. The van der Waals surface area contributed by atoms with E-state index in [0.717, 1.165) is 43.6 Å². The highest BCUT2D eigenvalue weighted by Gasteiger charge is 2.27. The monoisotopic (exact) mass is 434 g/mol. The summed E-state index contributed by atoms with van der Waals surface area (Å²) in [6, 6.07) is 5.22. The summed E-state index contributed by atoms with van der Waals surface area (Å²) in [5, 5.41) is 2.97. The Morgan fingerprint density at radius 3 is 2.63 bits per heavy atom. The number of nitrogens with zero attached hydrogens (tertiary/aromatic N) is 3. The van der Waals surface area contributed by atoms with Crippen LogP contribution in [0.5, 0.6) is 0 Å². The van der Waals surface area contributed by atoms with E-state index in [-0.39, 0.29) is 5.91 Å². The van der Waals surface area contributed by atoms with E-state index in [1.807, 2.05) is 6.07 Å². The van der Waals surface area contributed by atoms with Crippen molar-refractivity contribution in [2.45, 2.75) is 70.7 Å². The number of carbonyl (C=O) groups excluding carboxylic acids is 1. The van der Waals surface area contributed by atoms with Crippen LogP contribution in [0.25, 0.3) is 11.0 Å². The van der Waals surface area contributed by atoms with Crippen molar-refractivity contribution in [1.29, 1.82) is 0 Å². The molecule has 0 aliphatic carbocycles. The third-order valence-electron chi connectivity index (χ3n) is 5.57. The van der Waals surface area contributed by atoms with E-state index in [2.05, 4.69) is 30.7 Å². The highest BCUT2D eigenvalue weighted by Crippen LogP contribution is 2.25. The number of sulfonamides is 1. The molecule has 0 saturated carbocycles. The molecule has 1 aromatic carbocycles. The minimum Gasteiger partial charge on any atom is -0.356 e. The quantitative estimate of drug-likeness (QED) is 0.622. The van der Waals surface area contributed by atoms with Gasteiger partial charge in [-0.15, -0.1) is 0 Å². The lowest BCUT2D eigenvalue weighted by Gasteiger charge is -2.15. The van der Waals surface area contributed by atoms with Gasteiger partial charge in [0.1, 0.15) is 5.82 Å². The van der Waals surface area contributed by atoms with Crippen molar-refractivity contribution < 1.29 is 13.2 Å². The Bertz CT molecular complexity index is 976. The molecule has 1 saturated heterocycles. The van der Waals surface area contributed by atoms with Crippen molar-refractivity contribution in [1.82, 2.24) is 19.2 Å². The van der Waals surface area contributed by atoms with Gasteiger partial charge in [0.05, 0.1) is 15.9 Å². The van der Waals surface area contributed by atoms with Gasteiger partial charge in [-0.25, -0.2) is 13.4 Å². The fraction of sp³-hybridized carbons (Fsp3) is 0.636. The molecular weight excluding hydrogens is 400 g/mol. The van der Waals surface area contributed by atoms with Crippen molar-refractivity contribution in [2.75, 3.05) is 19.6 Å². The molecule has 2 aromatic rings. The Kier molecular flexibility index (Phi) is 7.52. The Hall–Kier alpha value is -1.93. The maximum absolute atomic E-state index is 12.9. The minimum absolute atomic E-state index is 0.0306. The van der Waals surface area contributed by atoms with Gasteiger partial charge in [-0.2, -0.15) is 4.31 Å². The van der Waals surface area contributed by atoms with E-state index in [0.29, 0.717) is 48.8 Å². The van der Waals surface area contributed by atoms with Crippen LogP contribution in [0.2, 0.25) is 0 Å². The molecule has 1 amide bonds. The number of imidazole rings is 1. The second-order valence-corrected chi connectivity index (χ2v) is 10.4. The van der Waals surface area contributed by atoms with Crippen molar-refractivity contribution in [3.8, 4) is 0 Å². The van der Waals surface area contributed by atoms with E-state index in [4.69, 9.17) is 4.98 Å². The first-order valence-corrected chi connectivity index (χ1v) is 12.5. The number of carbonyl (C=O) groups is 1. The molecule has 0 spiro atoms. The van der Waals surface area contributed by atoms with Crippen LogP contribution in [0.4, 0.5) is 0 Å². The fourth-order valence-corrected chi connectivity index (χ4v) is 5.41. The Morgan fingerprint density at radius 1 is 1.23 bits per heavy atom. The zero-order valence-corrected chi connectivity index (χ0v) is 19.2. The average Bonchev–Trinajstić information content (AvgIpc) is 3.35. The lowest BCUT2D eigenvalue weighted by Crippen LogP contribution is -2.27. The van der Waals surface area contributed by atoms with Gasteiger partial charge in [0.15, 0.2) is 0 Å². The van der Waals surface area contributed by atoms with Crippen LogP contribution in [0, 0.1) is 5.92 Å². The molecule has 0 bridgehead atoms. The number of nitrogens with one attached hydrogen (secondary N) is 1. The lowest BCUT2D eigenvalue weighted by atomic mass is 10.1. The molecule has 0 atom stereocenters. The molecule has 1 N–H and O–H groups in total. The second-order valence-electron chi connectivity index (χ2n) is 8.47.